The smallest absolute Gasteiger partial charge is 0.191 e. The van der Waals surface area contributed by atoms with Crippen molar-refractivity contribution in [1.82, 2.24) is 15.6 Å². The van der Waals surface area contributed by atoms with E-state index in [1.165, 1.54) is 37.7 Å². The number of nitrogens with zero attached hydrogens (tertiary/aromatic N) is 3. The number of nitrogens with one attached hydrogen (secondary N) is 2. The fourth-order valence-electron chi connectivity index (χ4n) is 3.65. The lowest BCUT2D eigenvalue weighted by Gasteiger charge is -2.18. The predicted octanol–water partition coefficient (Wildman–Crippen LogP) is 3.64. The second-order valence-electron chi connectivity index (χ2n) is 6.92. The van der Waals surface area contributed by atoms with Crippen LogP contribution in [0.2, 0.25) is 0 Å². The van der Waals surface area contributed by atoms with Gasteiger partial charge in [-0.1, -0.05) is 0 Å². The molecule has 7 heteroatoms. The lowest BCUT2D eigenvalue weighted by molar-refractivity contribution is 0.615. The third-order valence-corrected chi connectivity index (χ3v) is 6.16. The molecule has 0 spiro atoms. The Morgan fingerprint density at radius 3 is 2.85 bits per heavy atom. The van der Waals surface area contributed by atoms with Gasteiger partial charge in [0.15, 0.2) is 5.96 Å². The topological polar surface area (TPSA) is 52.6 Å². The lowest BCUT2D eigenvalue weighted by atomic mass is 10.2. The van der Waals surface area contributed by atoms with Crippen LogP contribution in [-0.4, -0.2) is 48.1 Å². The van der Waals surface area contributed by atoms with Crippen molar-refractivity contribution >= 4 is 47.5 Å². The van der Waals surface area contributed by atoms with Gasteiger partial charge >= 0.3 is 0 Å². The van der Waals surface area contributed by atoms with Gasteiger partial charge in [-0.2, -0.15) is 11.8 Å². The molecule has 2 fully saturated rings. The van der Waals surface area contributed by atoms with E-state index in [1.807, 2.05) is 18.0 Å². The van der Waals surface area contributed by atoms with Crippen LogP contribution >= 0.6 is 35.7 Å². The Labute approximate surface area is 179 Å². The lowest BCUT2D eigenvalue weighted by Crippen LogP contribution is -2.42. The number of pyridine rings is 1. The Morgan fingerprint density at radius 1 is 1.35 bits per heavy atom. The van der Waals surface area contributed by atoms with E-state index in [0.29, 0.717) is 12.6 Å². The molecule has 1 aromatic rings. The van der Waals surface area contributed by atoms with Crippen LogP contribution in [-0.2, 0) is 6.54 Å². The molecule has 2 atom stereocenters. The zero-order valence-electron chi connectivity index (χ0n) is 15.9. The van der Waals surface area contributed by atoms with Crippen molar-refractivity contribution < 1.29 is 0 Å². The molecule has 1 saturated heterocycles. The van der Waals surface area contributed by atoms with Crippen LogP contribution in [0.4, 0.5) is 5.82 Å². The molecule has 1 aliphatic carbocycles. The number of hydrogen-bond acceptors (Lipinski definition) is 4. The molecular formula is C19H32IN5S. The first-order valence-corrected chi connectivity index (χ1v) is 10.8. The largest absolute Gasteiger partial charge is 0.357 e. The van der Waals surface area contributed by atoms with Crippen LogP contribution in [0, 0.1) is 0 Å². The van der Waals surface area contributed by atoms with Crippen molar-refractivity contribution in [2.75, 3.05) is 30.8 Å². The van der Waals surface area contributed by atoms with Gasteiger partial charge in [0.1, 0.15) is 5.82 Å². The maximum Gasteiger partial charge on any atom is 0.191 e. The summed E-state index contributed by atoms with van der Waals surface area (Å²) in [7, 11) is 0. The van der Waals surface area contributed by atoms with E-state index < -0.39 is 0 Å². The average molecular weight is 489 g/mol. The highest BCUT2D eigenvalue weighted by atomic mass is 127. The van der Waals surface area contributed by atoms with Crippen LogP contribution in [0.15, 0.2) is 23.3 Å². The van der Waals surface area contributed by atoms with E-state index in [2.05, 4.69) is 45.8 Å². The first kappa shape index (κ1) is 21.6. The second-order valence-corrected chi connectivity index (χ2v) is 8.06. The fraction of sp³-hybridized carbons (Fsp3) is 0.684. The minimum Gasteiger partial charge on any atom is -0.357 e. The molecule has 2 N–H and O–H groups in total. The summed E-state index contributed by atoms with van der Waals surface area (Å²) in [4.78, 5) is 11.7. The Bertz CT molecular complexity index is 577. The summed E-state index contributed by atoms with van der Waals surface area (Å²) in [5, 5.41) is 7.80. The molecule has 5 nitrogen and oxygen atoms in total. The Hall–Kier alpha value is -0.700. The average Bonchev–Trinajstić information content (AvgIpc) is 3.32. The molecule has 1 aromatic heterocycles. The molecular weight excluding hydrogens is 457 g/mol. The first-order valence-electron chi connectivity index (χ1n) is 9.56. The molecule has 0 radical (unpaired) electrons. The van der Waals surface area contributed by atoms with Gasteiger partial charge in [-0.3, -0.25) is 0 Å². The number of thioether (sulfide) groups is 1. The molecule has 0 bridgehead atoms. The number of rotatable bonds is 6. The number of halogens is 1. The van der Waals surface area contributed by atoms with Gasteiger partial charge in [-0.05, 0) is 63.0 Å². The summed E-state index contributed by atoms with van der Waals surface area (Å²) in [6.45, 7) is 5.95. The molecule has 1 saturated carbocycles. The van der Waals surface area contributed by atoms with Crippen LogP contribution < -0.4 is 15.5 Å². The molecule has 2 unspecified atom stereocenters. The third-order valence-electron chi connectivity index (χ3n) is 5.06. The summed E-state index contributed by atoms with van der Waals surface area (Å²) in [6.07, 6.45) is 10.5. The monoisotopic (exact) mass is 489 g/mol. The SMILES string of the molecule is CCNC(=NCc1ccnc(N2CCCC2)c1)NC1CCC(SC)C1.I. The molecule has 26 heavy (non-hydrogen) atoms. The van der Waals surface area contributed by atoms with E-state index in [9.17, 15) is 0 Å². The number of aromatic nitrogens is 1. The van der Waals surface area contributed by atoms with Crippen LogP contribution in [0.3, 0.4) is 0 Å². The Morgan fingerprint density at radius 2 is 2.15 bits per heavy atom. The zero-order chi connectivity index (χ0) is 17.5. The van der Waals surface area contributed by atoms with Gasteiger partial charge in [0.2, 0.25) is 0 Å². The van der Waals surface area contributed by atoms with Crippen LogP contribution in [0.5, 0.6) is 0 Å². The standard InChI is InChI=1S/C19H31N5S.HI/c1-3-20-19(23-16-6-7-17(13-16)25-2)22-14-15-8-9-21-18(12-15)24-10-4-5-11-24;/h8-9,12,16-17H,3-7,10-11,13-14H2,1-2H3,(H2,20,22,23);1H. The van der Waals surface area contributed by atoms with E-state index in [0.717, 1.165) is 36.7 Å². The molecule has 1 aliphatic heterocycles. The van der Waals surface area contributed by atoms with Crippen molar-refractivity contribution in [2.45, 2.75) is 56.9 Å². The molecule has 3 rings (SSSR count). The molecule has 0 aromatic carbocycles. The van der Waals surface area contributed by atoms with E-state index in [-0.39, 0.29) is 24.0 Å². The van der Waals surface area contributed by atoms with Crippen molar-refractivity contribution in [1.29, 1.82) is 0 Å². The summed E-state index contributed by atoms with van der Waals surface area (Å²) in [5.74, 6) is 2.04. The van der Waals surface area contributed by atoms with Gasteiger partial charge in [-0.25, -0.2) is 9.98 Å². The predicted molar refractivity (Wildman–Crippen MR) is 124 cm³/mol. The summed E-state index contributed by atoms with van der Waals surface area (Å²) < 4.78 is 0. The highest BCUT2D eigenvalue weighted by molar-refractivity contribution is 14.0. The number of aliphatic imine (C=N–C) groups is 1. The minimum absolute atomic E-state index is 0. The quantitative estimate of drug-likeness (QED) is 0.363. The van der Waals surface area contributed by atoms with Gasteiger partial charge < -0.3 is 15.5 Å². The first-order chi connectivity index (χ1) is 12.3. The van der Waals surface area contributed by atoms with Crippen molar-refractivity contribution in [3.63, 3.8) is 0 Å². The Kier molecular flexibility index (Phi) is 9.31. The highest BCUT2D eigenvalue weighted by Gasteiger charge is 2.24. The van der Waals surface area contributed by atoms with Crippen molar-refractivity contribution in [3.8, 4) is 0 Å². The van der Waals surface area contributed by atoms with E-state index >= 15 is 0 Å². The normalized spacial score (nSPS) is 23.0. The fourth-order valence-corrected chi connectivity index (χ4v) is 4.44. The maximum absolute atomic E-state index is 4.81. The molecule has 2 heterocycles. The van der Waals surface area contributed by atoms with Crippen molar-refractivity contribution in [3.05, 3.63) is 23.9 Å². The van der Waals surface area contributed by atoms with Gasteiger partial charge in [0.25, 0.3) is 0 Å². The summed E-state index contributed by atoms with van der Waals surface area (Å²) in [5.41, 5.74) is 1.22. The molecule has 146 valence electrons. The second kappa shape index (κ2) is 11.2. The highest BCUT2D eigenvalue weighted by Crippen LogP contribution is 2.28. The number of anilines is 1. The molecule has 2 aliphatic rings. The number of guanidine groups is 1. The van der Waals surface area contributed by atoms with Crippen LogP contribution in [0.25, 0.3) is 0 Å². The van der Waals surface area contributed by atoms with Gasteiger partial charge in [0, 0.05) is 37.1 Å². The minimum atomic E-state index is 0. The number of hydrogen-bond donors (Lipinski definition) is 2. The maximum atomic E-state index is 4.81. The van der Waals surface area contributed by atoms with Crippen LogP contribution in [0.1, 0.15) is 44.6 Å². The van der Waals surface area contributed by atoms with Crippen molar-refractivity contribution in [2.24, 2.45) is 4.99 Å². The van der Waals surface area contributed by atoms with E-state index in [1.54, 1.807) is 0 Å². The van der Waals surface area contributed by atoms with E-state index in [4.69, 9.17) is 4.99 Å². The molecule has 0 amide bonds. The summed E-state index contributed by atoms with van der Waals surface area (Å²) >= 11 is 1.99. The summed E-state index contributed by atoms with van der Waals surface area (Å²) in [6, 6.07) is 4.82. The third kappa shape index (κ3) is 6.18. The zero-order valence-corrected chi connectivity index (χ0v) is 19.1. The Balaban J connectivity index is 0.00000243. The van der Waals surface area contributed by atoms with Gasteiger partial charge in [-0.15, -0.1) is 24.0 Å². The van der Waals surface area contributed by atoms with Gasteiger partial charge in [0.05, 0.1) is 6.54 Å².